The number of rotatable bonds is 11. The maximum atomic E-state index is 15.1. The molecule has 0 amide bonds. The van der Waals surface area contributed by atoms with Crippen molar-refractivity contribution in [2.75, 3.05) is 13.2 Å². The van der Waals surface area contributed by atoms with Crippen LogP contribution in [0.5, 0.6) is 5.75 Å². The minimum absolute atomic E-state index is 0.0670. The van der Waals surface area contributed by atoms with E-state index in [4.69, 9.17) is 9.47 Å². The third-order valence-electron chi connectivity index (χ3n) is 8.49. The highest BCUT2D eigenvalue weighted by molar-refractivity contribution is 5.34. The maximum absolute atomic E-state index is 15.1. The van der Waals surface area contributed by atoms with Gasteiger partial charge < -0.3 is 9.47 Å². The Balaban J connectivity index is 1.32. The van der Waals surface area contributed by atoms with Gasteiger partial charge in [-0.25, -0.2) is 13.2 Å². The van der Waals surface area contributed by atoms with Crippen molar-refractivity contribution in [3.8, 4) is 5.75 Å². The highest BCUT2D eigenvalue weighted by Gasteiger charge is 2.31. The molecule has 2 aromatic carbocycles. The van der Waals surface area contributed by atoms with Crippen molar-refractivity contribution in [1.29, 1.82) is 0 Å². The average Bonchev–Trinajstić information content (AvgIpc) is 2.93. The van der Waals surface area contributed by atoms with Crippen molar-refractivity contribution in [3.05, 3.63) is 64.2 Å². The van der Waals surface area contributed by atoms with E-state index in [-0.39, 0.29) is 29.8 Å². The lowest BCUT2D eigenvalue weighted by Gasteiger charge is -2.31. The van der Waals surface area contributed by atoms with Gasteiger partial charge >= 0.3 is 0 Å². The second-order valence-electron chi connectivity index (χ2n) is 11.3. The molecule has 1 aliphatic heterocycles. The van der Waals surface area contributed by atoms with Crippen LogP contribution in [0.25, 0.3) is 0 Å². The van der Waals surface area contributed by atoms with E-state index < -0.39 is 29.4 Å². The first-order valence-electron chi connectivity index (χ1n) is 14.6. The number of benzene rings is 2. The zero-order valence-corrected chi connectivity index (χ0v) is 22.8. The van der Waals surface area contributed by atoms with Gasteiger partial charge in [-0.3, -0.25) is 0 Å². The van der Waals surface area contributed by atoms with Gasteiger partial charge in [-0.1, -0.05) is 70.9 Å². The molecule has 0 aromatic heterocycles. The Bertz CT molecular complexity index is 1040. The van der Waals surface area contributed by atoms with Crippen LogP contribution in [0, 0.1) is 29.2 Å². The third-order valence-corrected chi connectivity index (χ3v) is 8.49. The molecule has 2 nitrogen and oxygen atoms in total. The summed E-state index contributed by atoms with van der Waals surface area (Å²) >= 11 is 0. The van der Waals surface area contributed by atoms with Crippen molar-refractivity contribution in [2.45, 2.75) is 109 Å². The van der Waals surface area contributed by atoms with E-state index in [9.17, 15) is 8.78 Å². The van der Waals surface area contributed by atoms with Crippen LogP contribution in [-0.2, 0) is 4.74 Å². The second-order valence-corrected chi connectivity index (χ2v) is 11.3. The van der Waals surface area contributed by atoms with Gasteiger partial charge in [-0.15, -0.1) is 0 Å². The minimum atomic E-state index is -1.000. The summed E-state index contributed by atoms with van der Waals surface area (Å²) in [6.07, 6.45) is 10.6. The zero-order chi connectivity index (χ0) is 27.1. The predicted octanol–water partition coefficient (Wildman–Crippen LogP) is 9.91. The molecule has 6 heteroatoms. The quantitative estimate of drug-likeness (QED) is 0.211. The summed E-state index contributed by atoms with van der Waals surface area (Å²) in [7, 11) is 0. The van der Waals surface area contributed by atoms with Gasteiger partial charge in [0.15, 0.2) is 23.2 Å². The Kier molecular flexibility index (Phi) is 10.5. The topological polar surface area (TPSA) is 18.5 Å². The van der Waals surface area contributed by atoms with Crippen LogP contribution in [0.1, 0.15) is 126 Å². The lowest BCUT2D eigenvalue weighted by Crippen LogP contribution is -2.22. The Morgan fingerprint density at radius 1 is 0.684 bits per heavy atom. The Morgan fingerprint density at radius 3 is 1.92 bits per heavy atom. The minimum Gasteiger partial charge on any atom is -0.490 e. The molecule has 2 fully saturated rings. The molecular weight excluding hydrogens is 492 g/mol. The lowest BCUT2D eigenvalue weighted by molar-refractivity contribution is -0.000741. The molecule has 1 heterocycles. The normalized spacial score (nSPS) is 23.9. The van der Waals surface area contributed by atoms with E-state index >= 15 is 8.78 Å². The molecule has 2 aromatic rings. The van der Waals surface area contributed by atoms with Gasteiger partial charge in [-0.05, 0) is 67.2 Å². The summed E-state index contributed by atoms with van der Waals surface area (Å²) in [6.45, 7) is 4.84. The highest BCUT2D eigenvalue weighted by Crippen LogP contribution is 2.41. The summed E-state index contributed by atoms with van der Waals surface area (Å²) in [5.74, 6) is -3.20. The summed E-state index contributed by atoms with van der Waals surface area (Å²) in [5, 5.41) is 0. The SMILES string of the molecule is CCCCCCCCOc1ccc(C2CCC(c3ccc(C4CCC(C)CC4)c(F)c3F)CO2)c(F)c1F. The fourth-order valence-corrected chi connectivity index (χ4v) is 5.99. The zero-order valence-electron chi connectivity index (χ0n) is 22.8. The average molecular weight is 535 g/mol. The fourth-order valence-electron chi connectivity index (χ4n) is 5.99. The number of ether oxygens (including phenoxy) is 2. The summed E-state index contributed by atoms with van der Waals surface area (Å²) in [6, 6.07) is 6.40. The van der Waals surface area contributed by atoms with Crippen LogP contribution < -0.4 is 4.74 Å². The van der Waals surface area contributed by atoms with Gasteiger partial charge in [0.05, 0.1) is 19.3 Å². The molecule has 0 spiro atoms. The van der Waals surface area contributed by atoms with Crippen molar-refractivity contribution >= 4 is 0 Å². The molecule has 2 atom stereocenters. The van der Waals surface area contributed by atoms with Gasteiger partial charge in [0.25, 0.3) is 0 Å². The molecule has 1 saturated heterocycles. The molecule has 1 saturated carbocycles. The summed E-state index contributed by atoms with van der Waals surface area (Å²) < 4.78 is 71.1. The van der Waals surface area contributed by atoms with Crippen LogP contribution in [0.2, 0.25) is 0 Å². The Labute approximate surface area is 225 Å². The van der Waals surface area contributed by atoms with Crippen LogP contribution in [0.3, 0.4) is 0 Å². The predicted molar refractivity (Wildman–Crippen MR) is 143 cm³/mol. The van der Waals surface area contributed by atoms with E-state index in [1.807, 2.05) is 0 Å². The van der Waals surface area contributed by atoms with Crippen LogP contribution in [-0.4, -0.2) is 13.2 Å². The molecular formula is C32H42F4O2. The van der Waals surface area contributed by atoms with Crippen molar-refractivity contribution < 1.29 is 27.0 Å². The van der Waals surface area contributed by atoms with Gasteiger partial charge in [0.2, 0.25) is 5.82 Å². The fraction of sp³-hybridized carbons (Fsp3) is 0.625. The van der Waals surface area contributed by atoms with Crippen LogP contribution in [0.15, 0.2) is 24.3 Å². The van der Waals surface area contributed by atoms with E-state index in [1.165, 1.54) is 31.4 Å². The van der Waals surface area contributed by atoms with Gasteiger partial charge in [0, 0.05) is 11.5 Å². The van der Waals surface area contributed by atoms with E-state index in [1.54, 1.807) is 12.1 Å². The van der Waals surface area contributed by atoms with Crippen molar-refractivity contribution in [2.24, 2.45) is 5.92 Å². The molecule has 1 aliphatic carbocycles. The van der Waals surface area contributed by atoms with Crippen molar-refractivity contribution in [1.82, 2.24) is 0 Å². The molecule has 2 aliphatic rings. The first-order chi connectivity index (χ1) is 18.4. The molecule has 2 unspecified atom stereocenters. The third kappa shape index (κ3) is 6.91. The second kappa shape index (κ2) is 13.8. The molecule has 38 heavy (non-hydrogen) atoms. The number of unbranched alkanes of at least 4 members (excludes halogenated alkanes) is 5. The maximum Gasteiger partial charge on any atom is 0.200 e. The first kappa shape index (κ1) is 28.9. The molecule has 210 valence electrons. The van der Waals surface area contributed by atoms with E-state index in [0.29, 0.717) is 36.5 Å². The van der Waals surface area contributed by atoms with Crippen LogP contribution in [0.4, 0.5) is 17.6 Å². The summed E-state index contributed by atoms with van der Waals surface area (Å²) in [4.78, 5) is 0. The first-order valence-corrected chi connectivity index (χ1v) is 14.6. The molecule has 0 radical (unpaired) electrons. The number of hydrogen-bond donors (Lipinski definition) is 0. The number of halogens is 4. The lowest BCUT2D eigenvalue weighted by atomic mass is 9.78. The monoisotopic (exact) mass is 534 g/mol. The van der Waals surface area contributed by atoms with Gasteiger partial charge in [-0.2, -0.15) is 4.39 Å². The standard InChI is InChI=1S/C32H42F4O2/c1-3-4-5-6-7-8-19-37-28-18-16-26(31(35)32(28)36)27-17-13-23(20-38-27)25-15-14-24(29(33)30(25)34)22-11-9-21(2)10-12-22/h14-16,18,21-23,27H,3-13,17,19-20H2,1-2H3. The Morgan fingerprint density at radius 2 is 1.26 bits per heavy atom. The molecule has 0 N–H and O–H groups in total. The van der Waals surface area contributed by atoms with E-state index in [0.717, 1.165) is 44.9 Å². The van der Waals surface area contributed by atoms with Crippen molar-refractivity contribution in [3.63, 3.8) is 0 Å². The van der Waals surface area contributed by atoms with Gasteiger partial charge in [0.1, 0.15) is 0 Å². The largest absolute Gasteiger partial charge is 0.490 e. The smallest absolute Gasteiger partial charge is 0.200 e. The van der Waals surface area contributed by atoms with E-state index in [2.05, 4.69) is 13.8 Å². The highest BCUT2D eigenvalue weighted by atomic mass is 19.2. The number of hydrogen-bond acceptors (Lipinski definition) is 2. The van der Waals surface area contributed by atoms with Crippen LogP contribution >= 0.6 is 0 Å². The molecule has 0 bridgehead atoms. The summed E-state index contributed by atoms with van der Waals surface area (Å²) in [5.41, 5.74) is 0.921. The molecule has 4 rings (SSSR count). The Hall–Kier alpha value is -2.08.